The van der Waals surface area contributed by atoms with Gasteiger partial charge in [-0.1, -0.05) is 0 Å². The van der Waals surface area contributed by atoms with Crippen molar-refractivity contribution in [2.24, 2.45) is 0 Å². The Morgan fingerprint density at radius 1 is 1.50 bits per heavy atom. The fraction of sp³-hybridized carbons (Fsp3) is 0.333. The van der Waals surface area contributed by atoms with Crippen LogP contribution in [0.3, 0.4) is 0 Å². The van der Waals surface area contributed by atoms with Crippen molar-refractivity contribution in [3.63, 3.8) is 0 Å². The van der Waals surface area contributed by atoms with Crippen molar-refractivity contribution in [2.45, 2.75) is 13.0 Å². The normalized spacial score (nSPS) is 18.6. The number of anilines is 1. The van der Waals surface area contributed by atoms with Gasteiger partial charge in [-0.25, -0.2) is 9.59 Å². The molecular formula is C12H14N2O4. The summed E-state index contributed by atoms with van der Waals surface area (Å²) in [6.07, 6.45) is 0. The van der Waals surface area contributed by atoms with Crippen molar-refractivity contribution >= 4 is 17.7 Å². The maximum absolute atomic E-state index is 11.6. The molecule has 18 heavy (non-hydrogen) atoms. The number of carbonyl (C=O) groups excluding carboxylic acids is 1. The van der Waals surface area contributed by atoms with Gasteiger partial charge in [0.1, 0.15) is 5.75 Å². The summed E-state index contributed by atoms with van der Waals surface area (Å²) in [6.45, 7) is 2.55. The van der Waals surface area contributed by atoms with Gasteiger partial charge in [-0.2, -0.15) is 0 Å². The van der Waals surface area contributed by atoms with Crippen molar-refractivity contribution in [3.8, 4) is 5.75 Å². The average Bonchev–Trinajstić information content (AvgIpc) is 2.73. The van der Waals surface area contributed by atoms with E-state index < -0.39 is 18.0 Å². The van der Waals surface area contributed by atoms with Gasteiger partial charge in [-0.05, 0) is 31.2 Å². The smallest absolute Gasteiger partial charge is 0.328 e. The van der Waals surface area contributed by atoms with Gasteiger partial charge in [0.15, 0.2) is 6.04 Å². The van der Waals surface area contributed by atoms with Crippen LogP contribution in [0.5, 0.6) is 5.75 Å². The summed E-state index contributed by atoms with van der Waals surface area (Å²) in [4.78, 5) is 23.9. The van der Waals surface area contributed by atoms with Crippen LogP contribution < -0.4 is 15.0 Å². The maximum atomic E-state index is 11.6. The molecule has 1 aromatic rings. The SMILES string of the molecule is CCOc1ccc(N2C(=O)NCC2C(=O)O)cc1. The monoisotopic (exact) mass is 250 g/mol. The van der Waals surface area contributed by atoms with Crippen LogP contribution in [0.4, 0.5) is 10.5 Å². The molecule has 1 fully saturated rings. The van der Waals surface area contributed by atoms with Crippen LogP contribution in [0.15, 0.2) is 24.3 Å². The molecule has 96 valence electrons. The lowest BCUT2D eigenvalue weighted by atomic mass is 10.2. The Labute approximate surface area is 104 Å². The minimum atomic E-state index is -1.03. The number of benzene rings is 1. The van der Waals surface area contributed by atoms with Crippen LogP contribution in [0, 0.1) is 0 Å². The van der Waals surface area contributed by atoms with E-state index in [1.165, 1.54) is 4.90 Å². The molecule has 0 aliphatic carbocycles. The third-order valence-electron chi connectivity index (χ3n) is 2.69. The van der Waals surface area contributed by atoms with Gasteiger partial charge < -0.3 is 15.2 Å². The lowest BCUT2D eigenvalue weighted by Crippen LogP contribution is -2.39. The minimum absolute atomic E-state index is 0.112. The van der Waals surface area contributed by atoms with E-state index in [1.807, 2.05) is 6.92 Å². The average molecular weight is 250 g/mol. The second-order valence-corrected chi connectivity index (χ2v) is 3.84. The summed E-state index contributed by atoms with van der Waals surface area (Å²) in [7, 11) is 0. The first kappa shape index (κ1) is 12.2. The number of hydrogen-bond acceptors (Lipinski definition) is 3. The standard InChI is InChI=1S/C12H14N2O4/c1-2-18-9-5-3-8(4-6-9)14-10(11(15)16)7-13-12(14)17/h3-6,10H,2,7H2,1H3,(H,13,17)(H,15,16). The molecular weight excluding hydrogens is 236 g/mol. The third-order valence-corrected chi connectivity index (χ3v) is 2.69. The number of nitrogens with one attached hydrogen (secondary N) is 1. The molecule has 6 heteroatoms. The van der Waals surface area contributed by atoms with Gasteiger partial charge in [0, 0.05) is 5.69 Å². The Morgan fingerprint density at radius 2 is 2.17 bits per heavy atom. The lowest BCUT2D eigenvalue weighted by Gasteiger charge is -2.20. The molecule has 0 saturated carbocycles. The topological polar surface area (TPSA) is 78.9 Å². The number of ether oxygens (including phenoxy) is 1. The minimum Gasteiger partial charge on any atom is -0.494 e. The molecule has 0 aromatic heterocycles. The molecule has 0 radical (unpaired) electrons. The van der Waals surface area contributed by atoms with Crippen LogP contribution in [0.25, 0.3) is 0 Å². The number of amides is 2. The van der Waals surface area contributed by atoms with Crippen LogP contribution in [-0.4, -0.2) is 36.3 Å². The summed E-state index contributed by atoms with van der Waals surface area (Å²) in [5, 5.41) is 11.6. The summed E-state index contributed by atoms with van der Waals surface area (Å²) < 4.78 is 5.29. The van der Waals surface area contributed by atoms with E-state index in [2.05, 4.69) is 5.32 Å². The fourth-order valence-electron chi connectivity index (χ4n) is 1.87. The summed E-state index contributed by atoms with van der Waals surface area (Å²) in [6, 6.07) is 5.51. The zero-order valence-corrected chi connectivity index (χ0v) is 9.92. The van der Waals surface area contributed by atoms with Gasteiger partial charge in [0.05, 0.1) is 13.2 Å². The molecule has 2 amide bonds. The second-order valence-electron chi connectivity index (χ2n) is 3.84. The van der Waals surface area contributed by atoms with Crippen LogP contribution in [-0.2, 0) is 4.79 Å². The highest BCUT2D eigenvalue weighted by molar-refractivity contribution is 6.01. The molecule has 1 saturated heterocycles. The van der Waals surface area contributed by atoms with Crippen molar-refractivity contribution in [2.75, 3.05) is 18.1 Å². The predicted octanol–water partition coefficient (Wildman–Crippen LogP) is 1.07. The van der Waals surface area contributed by atoms with E-state index in [9.17, 15) is 9.59 Å². The number of carboxylic acids is 1. The van der Waals surface area contributed by atoms with Gasteiger partial charge in [0.2, 0.25) is 0 Å². The Bertz CT molecular complexity index is 458. The molecule has 2 rings (SSSR count). The largest absolute Gasteiger partial charge is 0.494 e. The second kappa shape index (κ2) is 4.95. The van der Waals surface area contributed by atoms with Crippen molar-refractivity contribution in [3.05, 3.63) is 24.3 Å². The van der Waals surface area contributed by atoms with E-state index in [1.54, 1.807) is 24.3 Å². The molecule has 1 aliphatic heterocycles. The molecule has 0 bridgehead atoms. The van der Waals surface area contributed by atoms with E-state index in [0.717, 1.165) is 0 Å². The van der Waals surface area contributed by atoms with Gasteiger partial charge in [0.25, 0.3) is 0 Å². The third kappa shape index (κ3) is 2.22. The summed E-state index contributed by atoms with van der Waals surface area (Å²) >= 11 is 0. The number of carboxylic acid groups (broad SMARTS) is 1. The highest BCUT2D eigenvalue weighted by atomic mass is 16.5. The predicted molar refractivity (Wildman–Crippen MR) is 64.9 cm³/mol. The van der Waals surface area contributed by atoms with Crippen molar-refractivity contribution in [1.82, 2.24) is 5.32 Å². The first-order valence-electron chi connectivity index (χ1n) is 5.66. The van der Waals surface area contributed by atoms with Crippen LogP contribution in [0.2, 0.25) is 0 Å². The number of aliphatic carboxylic acids is 1. The summed E-state index contributed by atoms with van der Waals surface area (Å²) in [5.74, 6) is -0.338. The highest BCUT2D eigenvalue weighted by Gasteiger charge is 2.36. The van der Waals surface area contributed by atoms with Gasteiger partial charge in [-0.15, -0.1) is 0 Å². The molecule has 1 unspecified atom stereocenters. The van der Waals surface area contributed by atoms with Gasteiger partial charge >= 0.3 is 12.0 Å². The fourth-order valence-corrected chi connectivity index (χ4v) is 1.87. The quantitative estimate of drug-likeness (QED) is 0.837. The molecule has 1 aliphatic rings. The molecule has 0 spiro atoms. The number of nitrogens with zero attached hydrogens (tertiary/aromatic N) is 1. The molecule has 1 heterocycles. The van der Waals surface area contributed by atoms with Crippen LogP contribution >= 0.6 is 0 Å². The first-order valence-corrected chi connectivity index (χ1v) is 5.66. The van der Waals surface area contributed by atoms with E-state index in [4.69, 9.17) is 9.84 Å². The number of hydrogen-bond donors (Lipinski definition) is 2. The van der Waals surface area contributed by atoms with E-state index >= 15 is 0 Å². The van der Waals surface area contributed by atoms with E-state index in [0.29, 0.717) is 18.0 Å². The Kier molecular flexibility index (Phi) is 3.36. The zero-order chi connectivity index (χ0) is 13.1. The number of carbonyl (C=O) groups is 2. The van der Waals surface area contributed by atoms with Gasteiger partial charge in [-0.3, -0.25) is 4.90 Å². The Balaban J connectivity index is 2.23. The number of urea groups is 1. The highest BCUT2D eigenvalue weighted by Crippen LogP contribution is 2.23. The zero-order valence-electron chi connectivity index (χ0n) is 9.92. The molecule has 6 nitrogen and oxygen atoms in total. The Morgan fingerprint density at radius 3 is 2.72 bits per heavy atom. The summed E-state index contributed by atoms with van der Waals surface area (Å²) in [5.41, 5.74) is 0.542. The molecule has 1 atom stereocenters. The maximum Gasteiger partial charge on any atom is 0.328 e. The Hall–Kier alpha value is -2.24. The number of rotatable bonds is 4. The first-order chi connectivity index (χ1) is 8.63. The van der Waals surface area contributed by atoms with Crippen LogP contribution in [0.1, 0.15) is 6.92 Å². The van der Waals surface area contributed by atoms with Crippen molar-refractivity contribution < 1.29 is 19.4 Å². The van der Waals surface area contributed by atoms with E-state index in [-0.39, 0.29) is 6.54 Å². The lowest BCUT2D eigenvalue weighted by molar-refractivity contribution is -0.137. The van der Waals surface area contributed by atoms with Crippen molar-refractivity contribution in [1.29, 1.82) is 0 Å². The molecule has 1 aromatic carbocycles. The molecule has 2 N–H and O–H groups in total.